The molecular weight excluding hydrogens is 216 g/mol. The van der Waals surface area contributed by atoms with Crippen LogP contribution in [0.3, 0.4) is 0 Å². The molecule has 0 aliphatic carbocycles. The zero-order chi connectivity index (χ0) is 12.3. The zero-order valence-electron chi connectivity index (χ0n) is 9.49. The number of hydrogen-bond donors (Lipinski definition) is 1. The highest BCUT2D eigenvalue weighted by atomic mass is 16.5. The van der Waals surface area contributed by atoms with Crippen molar-refractivity contribution in [1.82, 2.24) is 4.98 Å². The summed E-state index contributed by atoms with van der Waals surface area (Å²) >= 11 is 0. The maximum Gasteiger partial charge on any atom is 0.354 e. The summed E-state index contributed by atoms with van der Waals surface area (Å²) in [6.45, 7) is 2.12. The molecule has 0 amide bonds. The summed E-state index contributed by atoms with van der Waals surface area (Å²) in [7, 11) is 0. The molecule has 0 atom stereocenters. The van der Waals surface area contributed by atoms with E-state index in [0.29, 0.717) is 18.7 Å². The fraction of sp³-hybridized carbons (Fsp3) is 0.231. The average molecular weight is 228 g/mol. The van der Waals surface area contributed by atoms with E-state index in [4.69, 9.17) is 10.00 Å². The summed E-state index contributed by atoms with van der Waals surface area (Å²) in [5.41, 5.74) is 2.22. The van der Waals surface area contributed by atoms with Crippen LogP contribution in [0.2, 0.25) is 0 Å². The molecule has 0 unspecified atom stereocenters. The third kappa shape index (κ3) is 2.28. The highest BCUT2D eigenvalue weighted by Gasteiger charge is 2.10. The molecule has 1 aromatic heterocycles. The van der Waals surface area contributed by atoms with Crippen LogP contribution in [-0.2, 0) is 11.2 Å². The van der Waals surface area contributed by atoms with Gasteiger partial charge in [-0.15, -0.1) is 0 Å². The van der Waals surface area contributed by atoms with Gasteiger partial charge >= 0.3 is 5.97 Å². The minimum Gasteiger partial charge on any atom is -0.461 e. The van der Waals surface area contributed by atoms with Crippen LogP contribution in [0.4, 0.5) is 0 Å². The minimum atomic E-state index is -0.356. The molecule has 0 saturated carbocycles. The Balaban J connectivity index is 2.37. The largest absolute Gasteiger partial charge is 0.461 e. The number of fused-ring (bicyclic) bond motifs is 1. The topological polar surface area (TPSA) is 65.9 Å². The Hall–Kier alpha value is -2.28. The average Bonchev–Trinajstić information content (AvgIpc) is 2.73. The number of benzene rings is 1. The van der Waals surface area contributed by atoms with Crippen molar-refractivity contribution < 1.29 is 9.53 Å². The van der Waals surface area contributed by atoms with Gasteiger partial charge in [0.2, 0.25) is 0 Å². The number of H-pyrrole nitrogens is 1. The molecular formula is C13H12N2O2. The van der Waals surface area contributed by atoms with Gasteiger partial charge in [-0.1, -0.05) is 12.1 Å². The molecule has 1 aromatic carbocycles. The van der Waals surface area contributed by atoms with Crippen LogP contribution in [-0.4, -0.2) is 17.6 Å². The Morgan fingerprint density at radius 3 is 3.00 bits per heavy atom. The van der Waals surface area contributed by atoms with Crippen molar-refractivity contribution in [2.24, 2.45) is 0 Å². The van der Waals surface area contributed by atoms with Crippen LogP contribution in [0.5, 0.6) is 0 Å². The molecule has 0 spiro atoms. The summed E-state index contributed by atoms with van der Waals surface area (Å²) < 4.78 is 4.91. The number of rotatable bonds is 3. The second-order valence-electron chi connectivity index (χ2n) is 3.66. The van der Waals surface area contributed by atoms with Crippen LogP contribution in [0.25, 0.3) is 10.9 Å². The van der Waals surface area contributed by atoms with Gasteiger partial charge in [0, 0.05) is 10.9 Å². The van der Waals surface area contributed by atoms with Crippen molar-refractivity contribution in [3.8, 4) is 6.07 Å². The van der Waals surface area contributed by atoms with Gasteiger partial charge in [0.05, 0.1) is 19.1 Å². The van der Waals surface area contributed by atoms with E-state index in [2.05, 4.69) is 11.1 Å². The maximum absolute atomic E-state index is 11.5. The predicted molar refractivity (Wildman–Crippen MR) is 63.6 cm³/mol. The molecule has 17 heavy (non-hydrogen) atoms. The number of nitriles is 1. The molecule has 0 aliphatic rings. The highest BCUT2D eigenvalue weighted by Crippen LogP contribution is 2.18. The van der Waals surface area contributed by atoms with Crippen molar-refractivity contribution in [2.45, 2.75) is 13.3 Å². The first kappa shape index (κ1) is 11.2. The van der Waals surface area contributed by atoms with Gasteiger partial charge in [0.25, 0.3) is 0 Å². The summed E-state index contributed by atoms with van der Waals surface area (Å²) in [6.07, 6.45) is 0.365. The Morgan fingerprint density at radius 2 is 2.29 bits per heavy atom. The van der Waals surface area contributed by atoms with E-state index >= 15 is 0 Å². The monoisotopic (exact) mass is 228 g/mol. The van der Waals surface area contributed by atoms with E-state index < -0.39 is 0 Å². The van der Waals surface area contributed by atoms with Crippen LogP contribution in [0.15, 0.2) is 24.3 Å². The highest BCUT2D eigenvalue weighted by molar-refractivity contribution is 5.94. The van der Waals surface area contributed by atoms with Crippen molar-refractivity contribution in [2.75, 3.05) is 6.61 Å². The van der Waals surface area contributed by atoms with Gasteiger partial charge in [-0.05, 0) is 24.6 Å². The van der Waals surface area contributed by atoms with E-state index in [1.165, 1.54) is 0 Å². The molecule has 2 aromatic rings. The fourth-order valence-electron chi connectivity index (χ4n) is 1.69. The second kappa shape index (κ2) is 4.71. The number of carbonyl (C=O) groups excluding carboxylic acids is 1. The molecule has 1 heterocycles. The van der Waals surface area contributed by atoms with Gasteiger partial charge in [-0.25, -0.2) is 4.79 Å². The molecule has 0 aliphatic heterocycles. The Labute approximate surface area is 98.8 Å². The van der Waals surface area contributed by atoms with E-state index in [1.54, 1.807) is 13.0 Å². The summed E-state index contributed by atoms with van der Waals surface area (Å²) in [4.78, 5) is 14.5. The normalized spacial score (nSPS) is 10.1. The number of aromatic nitrogens is 1. The van der Waals surface area contributed by atoms with Crippen molar-refractivity contribution in [1.29, 1.82) is 5.26 Å². The summed E-state index contributed by atoms with van der Waals surface area (Å²) in [5, 5.41) is 9.56. The standard InChI is InChI=1S/C13H12N2O2/c1-2-17-13(16)12-8-10-4-3-9(5-6-14)7-11(10)15-12/h3-4,7-8,15H,2,5H2,1H3. The molecule has 1 N–H and O–H groups in total. The molecule has 0 bridgehead atoms. The van der Waals surface area contributed by atoms with Gasteiger partial charge < -0.3 is 9.72 Å². The SMILES string of the molecule is CCOC(=O)c1cc2ccc(CC#N)cc2[nH]1. The lowest BCUT2D eigenvalue weighted by Crippen LogP contribution is -2.04. The van der Waals surface area contributed by atoms with Gasteiger partial charge in [0.15, 0.2) is 0 Å². The summed E-state index contributed by atoms with van der Waals surface area (Å²) in [6, 6.07) is 9.50. The van der Waals surface area contributed by atoms with Crippen molar-refractivity contribution in [3.05, 3.63) is 35.5 Å². The van der Waals surface area contributed by atoms with Crippen LogP contribution < -0.4 is 0 Å². The lowest BCUT2D eigenvalue weighted by Gasteiger charge is -1.97. The van der Waals surface area contributed by atoms with E-state index in [9.17, 15) is 4.79 Å². The van der Waals surface area contributed by atoms with E-state index in [0.717, 1.165) is 16.5 Å². The third-order valence-corrected chi connectivity index (χ3v) is 2.47. The Bertz CT molecular complexity index is 593. The number of hydrogen-bond acceptors (Lipinski definition) is 3. The lowest BCUT2D eigenvalue weighted by molar-refractivity contribution is 0.0520. The first-order valence-electron chi connectivity index (χ1n) is 5.40. The Kier molecular flexibility index (Phi) is 3.10. The molecule has 0 radical (unpaired) electrons. The van der Waals surface area contributed by atoms with Gasteiger partial charge in [0.1, 0.15) is 5.69 Å². The lowest BCUT2D eigenvalue weighted by atomic mass is 10.1. The fourth-order valence-corrected chi connectivity index (χ4v) is 1.69. The number of nitrogens with one attached hydrogen (secondary N) is 1. The summed E-state index contributed by atoms with van der Waals surface area (Å²) in [5.74, 6) is -0.356. The van der Waals surface area contributed by atoms with Crippen LogP contribution in [0.1, 0.15) is 23.0 Å². The van der Waals surface area contributed by atoms with Gasteiger partial charge in [-0.2, -0.15) is 5.26 Å². The first-order chi connectivity index (χ1) is 8.24. The maximum atomic E-state index is 11.5. The molecule has 4 nitrogen and oxygen atoms in total. The van der Waals surface area contributed by atoms with Crippen molar-refractivity contribution >= 4 is 16.9 Å². The number of aromatic amines is 1. The van der Waals surface area contributed by atoms with Crippen molar-refractivity contribution in [3.63, 3.8) is 0 Å². The van der Waals surface area contributed by atoms with Gasteiger partial charge in [-0.3, -0.25) is 0 Å². The quantitative estimate of drug-likeness (QED) is 0.820. The minimum absolute atomic E-state index is 0.355. The molecule has 0 saturated heterocycles. The third-order valence-electron chi connectivity index (χ3n) is 2.47. The number of ether oxygens (including phenoxy) is 1. The van der Waals surface area contributed by atoms with Crippen LogP contribution >= 0.6 is 0 Å². The Morgan fingerprint density at radius 1 is 1.47 bits per heavy atom. The van der Waals surface area contributed by atoms with E-state index in [-0.39, 0.29) is 5.97 Å². The molecule has 86 valence electrons. The molecule has 2 rings (SSSR count). The van der Waals surface area contributed by atoms with E-state index in [1.807, 2.05) is 18.2 Å². The number of esters is 1. The number of nitrogens with zero attached hydrogens (tertiary/aromatic N) is 1. The number of carbonyl (C=O) groups is 1. The van der Waals surface area contributed by atoms with Crippen LogP contribution in [0, 0.1) is 11.3 Å². The predicted octanol–water partition coefficient (Wildman–Crippen LogP) is 2.41. The molecule has 0 fully saturated rings. The smallest absolute Gasteiger partial charge is 0.354 e. The second-order valence-corrected chi connectivity index (χ2v) is 3.66. The zero-order valence-corrected chi connectivity index (χ0v) is 9.49. The first-order valence-corrected chi connectivity index (χ1v) is 5.40. The molecule has 4 heteroatoms.